The van der Waals surface area contributed by atoms with Crippen LogP contribution in [0.2, 0.25) is 0 Å². The molecule has 0 radical (unpaired) electrons. The number of aromatic nitrogens is 2. The Balaban J connectivity index is 2.37. The second-order valence-electron chi connectivity index (χ2n) is 7.36. The van der Waals surface area contributed by atoms with Crippen LogP contribution in [0.1, 0.15) is 45.0 Å². The molecule has 0 aliphatic carbocycles. The molecular formula is C17H24N4O4S. The summed E-state index contributed by atoms with van der Waals surface area (Å²) in [4.78, 5) is 10.1. The number of rotatable bonds is 5. The minimum atomic E-state index is -3.72. The zero-order chi connectivity index (χ0) is 19.9. The molecule has 0 aliphatic rings. The van der Waals surface area contributed by atoms with Crippen LogP contribution in [-0.2, 0) is 15.4 Å². The van der Waals surface area contributed by atoms with E-state index in [0.717, 1.165) is 17.5 Å². The highest BCUT2D eigenvalue weighted by Gasteiger charge is 2.24. The number of hydrogen-bond donors (Lipinski definition) is 1. The monoisotopic (exact) mass is 380 g/mol. The Labute approximate surface area is 153 Å². The summed E-state index contributed by atoms with van der Waals surface area (Å²) in [5.74, 6) is 0. The van der Waals surface area contributed by atoms with Crippen molar-refractivity contribution in [3.63, 3.8) is 0 Å². The lowest BCUT2D eigenvalue weighted by Crippen LogP contribution is -2.22. The van der Waals surface area contributed by atoms with Gasteiger partial charge < -0.3 is 5.32 Å². The fourth-order valence-corrected chi connectivity index (χ4v) is 3.49. The first-order valence-electron chi connectivity index (χ1n) is 8.12. The van der Waals surface area contributed by atoms with E-state index in [0.29, 0.717) is 5.69 Å². The summed E-state index contributed by atoms with van der Waals surface area (Å²) in [7, 11) is -3.72. The van der Waals surface area contributed by atoms with E-state index in [-0.39, 0.29) is 16.5 Å². The van der Waals surface area contributed by atoms with Gasteiger partial charge in [-0.3, -0.25) is 14.8 Å². The fourth-order valence-electron chi connectivity index (χ4n) is 2.62. The summed E-state index contributed by atoms with van der Waals surface area (Å²) >= 11 is 0. The maximum absolute atomic E-state index is 11.9. The predicted octanol–water partition coefficient (Wildman–Crippen LogP) is 3.43. The second-order valence-corrected chi connectivity index (χ2v) is 9.35. The highest BCUT2D eigenvalue weighted by atomic mass is 32.2. The first-order valence-corrected chi connectivity index (χ1v) is 10.0. The van der Waals surface area contributed by atoms with Crippen molar-refractivity contribution in [3.05, 3.63) is 45.8 Å². The van der Waals surface area contributed by atoms with Gasteiger partial charge in [-0.25, -0.2) is 8.42 Å². The molecule has 1 atom stereocenters. The van der Waals surface area contributed by atoms with Crippen molar-refractivity contribution in [2.45, 2.75) is 51.1 Å². The van der Waals surface area contributed by atoms with E-state index >= 15 is 0 Å². The highest BCUT2D eigenvalue weighted by molar-refractivity contribution is 7.90. The molecule has 0 saturated carbocycles. The van der Waals surface area contributed by atoms with Crippen molar-refractivity contribution in [2.24, 2.45) is 0 Å². The van der Waals surface area contributed by atoms with Gasteiger partial charge in [0.15, 0.2) is 9.84 Å². The van der Waals surface area contributed by atoms with Crippen LogP contribution < -0.4 is 5.32 Å². The molecule has 0 fully saturated rings. The predicted molar refractivity (Wildman–Crippen MR) is 100 cm³/mol. The quantitative estimate of drug-likeness (QED) is 0.629. The fraction of sp³-hybridized carbons (Fsp3) is 0.471. The number of nitrogens with one attached hydrogen (secondary N) is 1. The van der Waals surface area contributed by atoms with Gasteiger partial charge in [-0.05, 0) is 46.8 Å². The number of aryl methyl sites for hydroxylation is 1. The molecule has 0 amide bonds. The molecule has 1 heterocycles. The van der Waals surface area contributed by atoms with Gasteiger partial charge in [-0.2, -0.15) is 5.10 Å². The van der Waals surface area contributed by atoms with Gasteiger partial charge >= 0.3 is 0 Å². The summed E-state index contributed by atoms with van der Waals surface area (Å²) in [5.41, 5.74) is 1.75. The van der Waals surface area contributed by atoms with Crippen molar-refractivity contribution < 1.29 is 13.3 Å². The molecular weight excluding hydrogens is 356 g/mol. The molecule has 1 aromatic carbocycles. The van der Waals surface area contributed by atoms with Gasteiger partial charge in [0.1, 0.15) is 4.90 Å². The lowest BCUT2D eigenvalue weighted by atomic mass is 10.1. The Kier molecular flexibility index (Phi) is 5.14. The average Bonchev–Trinajstić information content (AvgIpc) is 2.88. The van der Waals surface area contributed by atoms with E-state index in [4.69, 9.17) is 0 Å². The lowest BCUT2D eigenvalue weighted by Gasteiger charge is -2.19. The van der Waals surface area contributed by atoms with Crippen LogP contribution in [0.25, 0.3) is 0 Å². The van der Waals surface area contributed by atoms with Crippen molar-refractivity contribution in [2.75, 3.05) is 11.6 Å². The van der Waals surface area contributed by atoms with E-state index in [1.807, 2.05) is 24.7 Å². The maximum Gasteiger partial charge on any atom is 0.288 e. The van der Waals surface area contributed by atoms with Crippen molar-refractivity contribution in [1.29, 1.82) is 0 Å². The molecule has 2 aromatic rings. The van der Waals surface area contributed by atoms with E-state index in [2.05, 4.69) is 31.2 Å². The smallest absolute Gasteiger partial charge is 0.288 e. The third kappa shape index (κ3) is 4.21. The number of nitro groups is 1. The van der Waals surface area contributed by atoms with Crippen LogP contribution in [0, 0.1) is 17.0 Å². The van der Waals surface area contributed by atoms with Crippen LogP contribution in [0.5, 0.6) is 0 Å². The molecule has 1 N–H and O–H groups in total. The average molecular weight is 380 g/mol. The van der Waals surface area contributed by atoms with E-state index in [1.165, 1.54) is 18.2 Å². The molecule has 0 saturated heterocycles. The summed E-state index contributed by atoms with van der Waals surface area (Å²) in [6, 6.07) is 3.86. The molecule has 0 bridgehead atoms. The second kappa shape index (κ2) is 6.71. The van der Waals surface area contributed by atoms with Gasteiger partial charge in [-0.15, -0.1) is 0 Å². The number of nitrogens with zero attached hydrogens (tertiary/aromatic N) is 3. The Hall–Kier alpha value is -2.42. The number of benzene rings is 1. The summed E-state index contributed by atoms with van der Waals surface area (Å²) in [6.45, 7) is 9.99. The molecule has 0 spiro atoms. The van der Waals surface area contributed by atoms with E-state index in [1.54, 1.807) is 0 Å². The minimum Gasteiger partial charge on any atom is -0.378 e. The third-order valence-electron chi connectivity index (χ3n) is 4.03. The number of anilines is 1. The number of nitro benzene ring substituents is 1. The van der Waals surface area contributed by atoms with Gasteiger partial charge in [0, 0.05) is 29.8 Å². The molecule has 142 valence electrons. The zero-order valence-electron chi connectivity index (χ0n) is 15.8. The molecule has 9 heteroatoms. The van der Waals surface area contributed by atoms with Crippen LogP contribution in [0.15, 0.2) is 29.3 Å². The van der Waals surface area contributed by atoms with Crippen molar-refractivity contribution in [1.82, 2.24) is 9.78 Å². The first-order chi connectivity index (χ1) is 11.8. The Morgan fingerprint density at radius 2 is 1.92 bits per heavy atom. The van der Waals surface area contributed by atoms with E-state index in [9.17, 15) is 18.5 Å². The van der Waals surface area contributed by atoms with Crippen LogP contribution in [0.3, 0.4) is 0 Å². The Morgan fingerprint density at radius 3 is 2.38 bits per heavy atom. The molecule has 8 nitrogen and oxygen atoms in total. The SMILES string of the molecule is Cc1nn(C(C)(C)C)cc1C(C)Nc1ccc([N+](=O)[O-])c(S(C)(=O)=O)c1. The maximum atomic E-state index is 11.9. The standard InChI is InChI=1S/C17H24N4O4S/c1-11(14-10-20(17(3,4)5)19-12(14)2)18-13-7-8-15(21(22)23)16(9-13)26(6,24)25/h7-11,18H,1-6H3. The third-order valence-corrected chi connectivity index (χ3v) is 5.16. The van der Waals surface area contributed by atoms with Gasteiger partial charge in [0.05, 0.1) is 22.2 Å². The van der Waals surface area contributed by atoms with Gasteiger partial charge in [0.25, 0.3) is 5.69 Å². The number of sulfone groups is 1. The largest absolute Gasteiger partial charge is 0.378 e. The Bertz CT molecular complexity index is 942. The molecule has 1 unspecified atom stereocenters. The van der Waals surface area contributed by atoms with Crippen LogP contribution in [-0.4, -0.2) is 29.4 Å². The molecule has 26 heavy (non-hydrogen) atoms. The van der Waals surface area contributed by atoms with E-state index < -0.39 is 20.4 Å². The first kappa shape index (κ1) is 19.9. The topological polar surface area (TPSA) is 107 Å². The van der Waals surface area contributed by atoms with Crippen molar-refractivity contribution in [3.8, 4) is 0 Å². The summed E-state index contributed by atoms with van der Waals surface area (Å²) in [5, 5.41) is 18.8. The normalized spacial score (nSPS) is 13.5. The summed E-state index contributed by atoms with van der Waals surface area (Å²) in [6.07, 6.45) is 2.91. The number of hydrogen-bond acceptors (Lipinski definition) is 6. The van der Waals surface area contributed by atoms with Crippen LogP contribution >= 0.6 is 0 Å². The molecule has 0 aliphatic heterocycles. The molecule has 2 rings (SSSR count). The minimum absolute atomic E-state index is 0.153. The van der Waals surface area contributed by atoms with Crippen molar-refractivity contribution >= 4 is 21.2 Å². The lowest BCUT2D eigenvalue weighted by molar-refractivity contribution is -0.387. The van der Waals surface area contributed by atoms with Crippen LogP contribution in [0.4, 0.5) is 11.4 Å². The van der Waals surface area contributed by atoms with Gasteiger partial charge in [0.2, 0.25) is 0 Å². The Morgan fingerprint density at radius 1 is 1.31 bits per heavy atom. The summed E-state index contributed by atoms with van der Waals surface area (Å²) < 4.78 is 25.7. The van der Waals surface area contributed by atoms with Gasteiger partial charge in [-0.1, -0.05) is 0 Å². The highest BCUT2D eigenvalue weighted by Crippen LogP contribution is 2.30. The zero-order valence-corrected chi connectivity index (χ0v) is 16.6. The molecule has 1 aromatic heterocycles.